The first-order valence-corrected chi connectivity index (χ1v) is 12.6. The van der Waals surface area contributed by atoms with Crippen molar-refractivity contribution >= 4 is 46.2 Å². The molecule has 3 aromatic rings. The molecule has 0 aliphatic carbocycles. The minimum absolute atomic E-state index is 0.165. The van der Waals surface area contributed by atoms with E-state index in [1.54, 1.807) is 54.0 Å². The number of halogens is 1. The second kappa shape index (κ2) is 11.2. The van der Waals surface area contributed by atoms with E-state index in [1.807, 2.05) is 0 Å². The number of methoxy groups -OCH3 is 1. The molecule has 8 nitrogen and oxygen atoms in total. The molecular formula is C28H29ClN2O6. The molecule has 1 aromatic heterocycles. The van der Waals surface area contributed by atoms with Gasteiger partial charge in [-0.15, -0.1) is 0 Å². The smallest absolute Gasteiger partial charge is 0.311 e. The van der Waals surface area contributed by atoms with Gasteiger partial charge in [0.05, 0.1) is 19.0 Å². The third-order valence-electron chi connectivity index (χ3n) is 6.65. The van der Waals surface area contributed by atoms with Crippen molar-refractivity contribution < 1.29 is 28.7 Å². The SMILES string of the molecule is COc1ccc2c(c1)c(CC(=O)OC(C)C(=O)N1CCCCCC1=O)c(C)n2C(=O)c1ccc(Cl)cc1. The second-order valence-electron chi connectivity index (χ2n) is 9.10. The molecule has 0 radical (unpaired) electrons. The van der Waals surface area contributed by atoms with Gasteiger partial charge in [-0.1, -0.05) is 18.0 Å². The number of carbonyl (C=O) groups is 4. The number of aromatic nitrogens is 1. The summed E-state index contributed by atoms with van der Waals surface area (Å²) >= 11 is 5.98. The van der Waals surface area contributed by atoms with Crippen LogP contribution in [0.2, 0.25) is 5.02 Å². The number of fused-ring (bicyclic) bond motifs is 1. The quantitative estimate of drug-likeness (QED) is 0.434. The van der Waals surface area contributed by atoms with Crippen molar-refractivity contribution in [2.24, 2.45) is 0 Å². The van der Waals surface area contributed by atoms with E-state index in [1.165, 1.54) is 18.9 Å². The van der Waals surface area contributed by atoms with Crippen LogP contribution in [0.1, 0.15) is 54.2 Å². The molecule has 2 amide bonds. The van der Waals surface area contributed by atoms with Crippen LogP contribution in [0.15, 0.2) is 42.5 Å². The fourth-order valence-electron chi connectivity index (χ4n) is 4.66. The monoisotopic (exact) mass is 524 g/mol. The third-order valence-corrected chi connectivity index (χ3v) is 6.90. The third kappa shape index (κ3) is 5.54. The minimum Gasteiger partial charge on any atom is -0.497 e. The van der Waals surface area contributed by atoms with Crippen LogP contribution in [0.25, 0.3) is 10.9 Å². The molecule has 1 saturated heterocycles. The zero-order valence-electron chi connectivity index (χ0n) is 21.1. The zero-order chi connectivity index (χ0) is 26.7. The first kappa shape index (κ1) is 26.4. The molecule has 0 bridgehead atoms. The Morgan fingerprint density at radius 1 is 1.05 bits per heavy atom. The van der Waals surface area contributed by atoms with E-state index in [9.17, 15) is 19.2 Å². The summed E-state index contributed by atoms with van der Waals surface area (Å²) in [4.78, 5) is 52.7. The van der Waals surface area contributed by atoms with Crippen molar-refractivity contribution in [3.8, 4) is 5.75 Å². The Kier molecular flexibility index (Phi) is 7.97. The fourth-order valence-corrected chi connectivity index (χ4v) is 4.79. The molecule has 9 heteroatoms. The van der Waals surface area contributed by atoms with Crippen LogP contribution < -0.4 is 4.74 Å². The van der Waals surface area contributed by atoms with Crippen LogP contribution in [-0.4, -0.2) is 52.9 Å². The van der Waals surface area contributed by atoms with Crippen molar-refractivity contribution in [3.63, 3.8) is 0 Å². The number of esters is 1. The first-order valence-electron chi connectivity index (χ1n) is 12.2. The van der Waals surface area contributed by atoms with Gasteiger partial charge in [-0.2, -0.15) is 0 Å². The maximum Gasteiger partial charge on any atom is 0.311 e. The molecule has 2 heterocycles. The van der Waals surface area contributed by atoms with Gasteiger partial charge in [0.25, 0.3) is 11.8 Å². The highest BCUT2D eigenvalue weighted by Crippen LogP contribution is 2.31. The predicted octanol–water partition coefficient (Wildman–Crippen LogP) is 4.70. The molecule has 1 fully saturated rings. The molecule has 2 aromatic carbocycles. The highest BCUT2D eigenvalue weighted by Gasteiger charge is 2.30. The summed E-state index contributed by atoms with van der Waals surface area (Å²) in [7, 11) is 1.54. The van der Waals surface area contributed by atoms with E-state index in [-0.39, 0.29) is 18.2 Å². The summed E-state index contributed by atoms with van der Waals surface area (Å²) in [6.45, 7) is 3.56. The van der Waals surface area contributed by atoms with Gasteiger partial charge in [0.15, 0.2) is 6.10 Å². The van der Waals surface area contributed by atoms with E-state index in [4.69, 9.17) is 21.1 Å². The Labute approximate surface area is 220 Å². The van der Waals surface area contributed by atoms with Crippen LogP contribution in [0.5, 0.6) is 5.75 Å². The minimum atomic E-state index is -1.10. The molecule has 1 unspecified atom stereocenters. The number of carbonyl (C=O) groups excluding carboxylic acids is 4. The predicted molar refractivity (Wildman–Crippen MR) is 139 cm³/mol. The number of amides is 2. The van der Waals surface area contributed by atoms with Crippen molar-refractivity contribution in [1.82, 2.24) is 9.47 Å². The van der Waals surface area contributed by atoms with Gasteiger partial charge in [0.2, 0.25) is 5.91 Å². The normalized spacial score (nSPS) is 14.8. The average Bonchev–Trinajstić information content (AvgIpc) is 3.00. The van der Waals surface area contributed by atoms with Crippen LogP contribution >= 0.6 is 11.6 Å². The second-order valence-corrected chi connectivity index (χ2v) is 9.53. The Morgan fingerprint density at radius 2 is 1.78 bits per heavy atom. The first-order chi connectivity index (χ1) is 17.7. The Bertz CT molecular complexity index is 1360. The van der Waals surface area contributed by atoms with E-state index in [0.29, 0.717) is 51.5 Å². The highest BCUT2D eigenvalue weighted by molar-refractivity contribution is 6.30. The molecule has 37 heavy (non-hydrogen) atoms. The van der Waals surface area contributed by atoms with Gasteiger partial charge in [0, 0.05) is 34.6 Å². The number of rotatable bonds is 6. The number of imide groups is 1. The Hall–Kier alpha value is -3.65. The molecule has 194 valence electrons. The van der Waals surface area contributed by atoms with E-state index in [0.717, 1.165) is 19.3 Å². The number of ether oxygens (including phenoxy) is 2. The lowest BCUT2D eigenvalue weighted by Gasteiger charge is -2.22. The molecule has 4 rings (SSSR count). The van der Waals surface area contributed by atoms with Gasteiger partial charge in [0.1, 0.15) is 5.75 Å². The van der Waals surface area contributed by atoms with E-state index in [2.05, 4.69) is 0 Å². The van der Waals surface area contributed by atoms with Crippen LogP contribution in [0.4, 0.5) is 0 Å². The molecule has 0 spiro atoms. The van der Waals surface area contributed by atoms with Crippen LogP contribution in [-0.2, 0) is 25.5 Å². The lowest BCUT2D eigenvalue weighted by atomic mass is 10.1. The Morgan fingerprint density at radius 3 is 2.49 bits per heavy atom. The number of likely N-dealkylation sites (tertiary alicyclic amines) is 1. The molecule has 1 aliphatic rings. The van der Waals surface area contributed by atoms with Crippen molar-refractivity contribution in [2.45, 2.75) is 52.1 Å². The molecule has 0 saturated carbocycles. The number of hydrogen-bond acceptors (Lipinski definition) is 6. The van der Waals surface area contributed by atoms with Gasteiger partial charge in [-0.05, 0) is 74.7 Å². The standard InChI is InChI=1S/C28H29ClN2O6/c1-17-22(16-26(33)37-18(2)27(34)30-14-6-4-5-7-25(30)32)23-15-21(36-3)12-13-24(23)31(17)28(35)19-8-10-20(29)11-9-19/h8-13,15,18H,4-7,14,16H2,1-3H3. The van der Waals surface area contributed by atoms with Crippen LogP contribution in [0.3, 0.4) is 0 Å². The molecule has 1 aliphatic heterocycles. The maximum absolute atomic E-state index is 13.4. The summed E-state index contributed by atoms with van der Waals surface area (Å²) in [5.41, 5.74) is 2.21. The summed E-state index contributed by atoms with van der Waals surface area (Å²) < 4.78 is 12.4. The zero-order valence-corrected chi connectivity index (χ0v) is 21.8. The fraction of sp³-hybridized carbons (Fsp3) is 0.357. The van der Waals surface area contributed by atoms with Crippen molar-refractivity contribution in [2.75, 3.05) is 13.7 Å². The molecule has 1 atom stereocenters. The van der Waals surface area contributed by atoms with Gasteiger partial charge < -0.3 is 9.47 Å². The lowest BCUT2D eigenvalue weighted by molar-refractivity contribution is -0.161. The van der Waals surface area contributed by atoms with Gasteiger partial charge >= 0.3 is 5.97 Å². The number of hydrogen-bond donors (Lipinski definition) is 0. The summed E-state index contributed by atoms with van der Waals surface area (Å²) in [5.74, 6) is -1.09. The van der Waals surface area contributed by atoms with Gasteiger partial charge in [-0.3, -0.25) is 28.6 Å². The van der Waals surface area contributed by atoms with Gasteiger partial charge in [-0.25, -0.2) is 0 Å². The molecule has 0 N–H and O–H groups in total. The highest BCUT2D eigenvalue weighted by atomic mass is 35.5. The van der Waals surface area contributed by atoms with E-state index >= 15 is 0 Å². The van der Waals surface area contributed by atoms with E-state index < -0.39 is 18.0 Å². The summed E-state index contributed by atoms with van der Waals surface area (Å²) in [5, 5.41) is 1.18. The number of benzene rings is 2. The molecular weight excluding hydrogens is 496 g/mol. The van der Waals surface area contributed by atoms with Crippen LogP contribution in [0, 0.1) is 6.92 Å². The number of nitrogens with zero attached hydrogens (tertiary/aromatic N) is 2. The average molecular weight is 525 g/mol. The topological polar surface area (TPSA) is 94.9 Å². The largest absolute Gasteiger partial charge is 0.497 e. The summed E-state index contributed by atoms with van der Waals surface area (Å²) in [6, 6.07) is 11.8. The van der Waals surface area contributed by atoms with Crippen molar-refractivity contribution in [3.05, 3.63) is 64.3 Å². The van der Waals surface area contributed by atoms with Crippen molar-refractivity contribution in [1.29, 1.82) is 0 Å². The Balaban J connectivity index is 1.62. The summed E-state index contributed by atoms with van der Waals surface area (Å²) in [6.07, 6.45) is 1.41. The lowest BCUT2D eigenvalue weighted by Crippen LogP contribution is -2.43. The maximum atomic E-state index is 13.4.